The number of hydrogen-bond donors (Lipinski definition) is 2. The Morgan fingerprint density at radius 1 is 1.44 bits per heavy atom. The molecule has 5 nitrogen and oxygen atoms in total. The molecular formula is C11H11N3O2. The number of carbonyl (C=O) groups is 1. The van der Waals surface area contributed by atoms with Gasteiger partial charge in [-0.2, -0.15) is 0 Å². The average Bonchev–Trinajstić information content (AvgIpc) is 2.64. The standard InChI is InChI=1S/C11H11N3O2/c1-7-6-13-11(16-7)14-10(15)8-4-2-3-5-9(8)12/h2-6H,12H2,1H3,(H,13,14,15). The lowest BCUT2D eigenvalue weighted by Gasteiger charge is -2.03. The topological polar surface area (TPSA) is 81.2 Å². The normalized spacial score (nSPS) is 10.1. The Kier molecular flexibility index (Phi) is 2.59. The van der Waals surface area contributed by atoms with Gasteiger partial charge in [-0.1, -0.05) is 12.1 Å². The number of aromatic nitrogens is 1. The van der Waals surface area contributed by atoms with Gasteiger partial charge in [-0.3, -0.25) is 10.1 Å². The molecule has 0 unspecified atom stereocenters. The van der Waals surface area contributed by atoms with Crippen LogP contribution in [0.4, 0.5) is 11.7 Å². The molecule has 5 heteroatoms. The van der Waals surface area contributed by atoms with Crippen LogP contribution in [0.15, 0.2) is 34.9 Å². The Morgan fingerprint density at radius 2 is 2.19 bits per heavy atom. The molecule has 0 spiro atoms. The fourth-order valence-electron chi connectivity index (χ4n) is 1.28. The van der Waals surface area contributed by atoms with Crippen molar-refractivity contribution in [3.8, 4) is 0 Å². The Balaban J connectivity index is 2.18. The number of rotatable bonds is 2. The van der Waals surface area contributed by atoms with Crippen LogP contribution in [0.25, 0.3) is 0 Å². The monoisotopic (exact) mass is 217 g/mol. The molecule has 2 aromatic rings. The zero-order valence-electron chi connectivity index (χ0n) is 8.73. The van der Waals surface area contributed by atoms with Gasteiger partial charge in [0.2, 0.25) is 0 Å². The highest BCUT2D eigenvalue weighted by atomic mass is 16.4. The molecule has 0 fully saturated rings. The van der Waals surface area contributed by atoms with Crippen LogP contribution in [0.1, 0.15) is 16.1 Å². The summed E-state index contributed by atoms with van der Waals surface area (Å²) in [6.45, 7) is 1.75. The van der Waals surface area contributed by atoms with Gasteiger partial charge in [-0.05, 0) is 19.1 Å². The maximum Gasteiger partial charge on any atom is 0.301 e. The van der Waals surface area contributed by atoms with Crippen molar-refractivity contribution >= 4 is 17.6 Å². The first-order valence-corrected chi connectivity index (χ1v) is 4.75. The Bertz CT molecular complexity index is 519. The number of para-hydroxylation sites is 1. The Hall–Kier alpha value is -2.30. The second-order valence-corrected chi connectivity index (χ2v) is 3.32. The number of carbonyl (C=O) groups excluding carboxylic acids is 1. The number of nitrogens with two attached hydrogens (primary N) is 1. The van der Waals surface area contributed by atoms with Crippen molar-refractivity contribution < 1.29 is 9.21 Å². The maximum absolute atomic E-state index is 11.8. The van der Waals surface area contributed by atoms with Gasteiger partial charge >= 0.3 is 6.01 Å². The fourth-order valence-corrected chi connectivity index (χ4v) is 1.28. The van der Waals surface area contributed by atoms with E-state index in [0.717, 1.165) is 0 Å². The smallest absolute Gasteiger partial charge is 0.301 e. The lowest BCUT2D eigenvalue weighted by atomic mass is 10.2. The van der Waals surface area contributed by atoms with Crippen molar-refractivity contribution in [1.82, 2.24) is 4.98 Å². The number of hydrogen-bond acceptors (Lipinski definition) is 4. The van der Waals surface area contributed by atoms with Gasteiger partial charge in [0.1, 0.15) is 5.76 Å². The van der Waals surface area contributed by atoms with Gasteiger partial charge in [0.05, 0.1) is 11.8 Å². The van der Waals surface area contributed by atoms with Crippen LogP contribution in [-0.4, -0.2) is 10.9 Å². The highest BCUT2D eigenvalue weighted by Gasteiger charge is 2.11. The van der Waals surface area contributed by atoms with E-state index in [9.17, 15) is 4.79 Å². The van der Waals surface area contributed by atoms with Gasteiger partial charge in [-0.15, -0.1) is 0 Å². The van der Waals surface area contributed by atoms with Crippen LogP contribution in [0.2, 0.25) is 0 Å². The molecule has 0 aliphatic carbocycles. The summed E-state index contributed by atoms with van der Waals surface area (Å²) in [5.41, 5.74) is 6.49. The van der Waals surface area contributed by atoms with Crippen LogP contribution in [0.3, 0.4) is 0 Å². The minimum absolute atomic E-state index is 0.172. The summed E-state index contributed by atoms with van der Waals surface area (Å²) in [5, 5.41) is 2.52. The predicted molar refractivity (Wildman–Crippen MR) is 60.0 cm³/mol. The SMILES string of the molecule is Cc1cnc(NC(=O)c2ccccc2N)o1. The first kappa shape index (κ1) is 10.2. The molecule has 0 aliphatic rings. The van der Waals surface area contributed by atoms with E-state index in [4.69, 9.17) is 10.2 Å². The number of anilines is 2. The molecule has 0 aliphatic heterocycles. The number of benzene rings is 1. The predicted octanol–water partition coefficient (Wildman–Crippen LogP) is 1.82. The van der Waals surface area contributed by atoms with Crippen molar-refractivity contribution in [1.29, 1.82) is 0 Å². The van der Waals surface area contributed by atoms with E-state index in [0.29, 0.717) is 17.0 Å². The lowest BCUT2D eigenvalue weighted by Crippen LogP contribution is -2.13. The van der Waals surface area contributed by atoms with E-state index in [1.54, 1.807) is 31.2 Å². The molecule has 1 aromatic carbocycles. The average molecular weight is 217 g/mol. The lowest BCUT2D eigenvalue weighted by molar-refractivity contribution is 0.102. The van der Waals surface area contributed by atoms with Gasteiger partial charge in [0.15, 0.2) is 0 Å². The van der Waals surface area contributed by atoms with Crippen LogP contribution in [0.5, 0.6) is 0 Å². The fraction of sp³-hybridized carbons (Fsp3) is 0.0909. The number of nitrogens with one attached hydrogen (secondary N) is 1. The van der Waals surface area contributed by atoms with E-state index in [1.165, 1.54) is 6.20 Å². The zero-order chi connectivity index (χ0) is 11.5. The summed E-state index contributed by atoms with van der Waals surface area (Å²) in [6.07, 6.45) is 1.53. The van der Waals surface area contributed by atoms with Crippen molar-refractivity contribution in [2.45, 2.75) is 6.92 Å². The molecule has 0 saturated heterocycles. The van der Waals surface area contributed by atoms with E-state index in [-0.39, 0.29) is 11.9 Å². The first-order valence-electron chi connectivity index (χ1n) is 4.75. The van der Waals surface area contributed by atoms with E-state index >= 15 is 0 Å². The molecule has 1 heterocycles. The summed E-state index contributed by atoms with van der Waals surface area (Å²) >= 11 is 0. The summed E-state index contributed by atoms with van der Waals surface area (Å²) in [6, 6.07) is 6.98. The van der Waals surface area contributed by atoms with Gasteiger partial charge in [-0.25, -0.2) is 4.98 Å². The van der Waals surface area contributed by atoms with Crippen molar-refractivity contribution in [2.24, 2.45) is 0 Å². The van der Waals surface area contributed by atoms with E-state index < -0.39 is 0 Å². The number of oxazole rings is 1. The van der Waals surface area contributed by atoms with E-state index in [1.807, 2.05) is 0 Å². The van der Waals surface area contributed by atoms with Crippen molar-refractivity contribution in [3.05, 3.63) is 41.8 Å². The molecule has 1 aromatic heterocycles. The number of aryl methyl sites for hydroxylation is 1. The van der Waals surface area contributed by atoms with Crippen LogP contribution in [-0.2, 0) is 0 Å². The molecule has 1 amide bonds. The summed E-state index contributed by atoms with van der Waals surface area (Å²) < 4.78 is 5.13. The maximum atomic E-state index is 11.8. The minimum atomic E-state index is -0.333. The van der Waals surface area contributed by atoms with Crippen molar-refractivity contribution in [2.75, 3.05) is 11.1 Å². The van der Waals surface area contributed by atoms with Gasteiger partial charge < -0.3 is 10.2 Å². The molecule has 0 bridgehead atoms. The molecular weight excluding hydrogens is 206 g/mol. The number of nitrogen functional groups attached to an aromatic ring is 1. The van der Waals surface area contributed by atoms with Crippen LogP contribution >= 0.6 is 0 Å². The molecule has 16 heavy (non-hydrogen) atoms. The van der Waals surface area contributed by atoms with Gasteiger partial charge in [0, 0.05) is 5.69 Å². The molecule has 2 rings (SSSR count). The zero-order valence-corrected chi connectivity index (χ0v) is 8.73. The quantitative estimate of drug-likeness (QED) is 0.752. The third-order valence-electron chi connectivity index (χ3n) is 2.05. The summed E-state index contributed by atoms with van der Waals surface area (Å²) in [5.74, 6) is 0.302. The Labute approximate surface area is 92.3 Å². The number of amides is 1. The molecule has 0 atom stereocenters. The van der Waals surface area contributed by atoms with Gasteiger partial charge in [0.25, 0.3) is 5.91 Å². The molecule has 82 valence electrons. The molecule has 0 radical (unpaired) electrons. The summed E-state index contributed by atoms with van der Waals surface area (Å²) in [4.78, 5) is 15.6. The third kappa shape index (κ3) is 2.03. The second kappa shape index (κ2) is 4.06. The van der Waals surface area contributed by atoms with E-state index in [2.05, 4.69) is 10.3 Å². The molecule has 0 saturated carbocycles. The highest BCUT2D eigenvalue weighted by Crippen LogP contribution is 2.13. The highest BCUT2D eigenvalue weighted by molar-refractivity contribution is 6.06. The minimum Gasteiger partial charge on any atom is -0.429 e. The molecule has 3 N–H and O–H groups in total. The summed E-state index contributed by atoms with van der Waals surface area (Å²) in [7, 11) is 0. The largest absolute Gasteiger partial charge is 0.429 e. The van der Waals surface area contributed by atoms with Crippen LogP contribution in [0, 0.1) is 6.92 Å². The van der Waals surface area contributed by atoms with Crippen molar-refractivity contribution in [3.63, 3.8) is 0 Å². The number of nitrogens with zero attached hydrogens (tertiary/aromatic N) is 1. The Morgan fingerprint density at radius 3 is 2.81 bits per heavy atom. The third-order valence-corrected chi connectivity index (χ3v) is 2.05. The van der Waals surface area contributed by atoms with Crippen LogP contribution < -0.4 is 11.1 Å². The second-order valence-electron chi connectivity index (χ2n) is 3.32. The first-order chi connectivity index (χ1) is 7.66.